The molecule has 0 saturated carbocycles. The molecule has 5 unspecified atom stereocenters. The first-order valence-corrected chi connectivity index (χ1v) is 15.8. The van der Waals surface area contributed by atoms with Crippen molar-refractivity contribution in [3.63, 3.8) is 0 Å². The van der Waals surface area contributed by atoms with Crippen molar-refractivity contribution in [1.29, 1.82) is 0 Å². The summed E-state index contributed by atoms with van der Waals surface area (Å²) >= 11 is 6.42. The monoisotopic (exact) mass is 599 g/mol. The molecule has 2 aromatic rings. The van der Waals surface area contributed by atoms with Crippen molar-refractivity contribution in [1.82, 2.24) is 15.1 Å². The molecule has 0 radical (unpaired) electrons. The summed E-state index contributed by atoms with van der Waals surface area (Å²) in [6, 6.07) is 9.89. The highest BCUT2D eigenvalue weighted by molar-refractivity contribution is 6.30. The molecule has 3 aliphatic rings. The Hall–Kier alpha value is -2.51. The third-order valence-electron chi connectivity index (χ3n) is 9.88. The normalized spacial score (nSPS) is 27.1. The van der Waals surface area contributed by atoms with Gasteiger partial charge < -0.3 is 10.2 Å². The molecule has 3 aliphatic heterocycles. The Morgan fingerprint density at radius 3 is 2.29 bits per heavy atom. The molecule has 0 aromatic heterocycles. The molecule has 5 nitrogen and oxygen atoms in total. The number of rotatable bonds is 6. The average molecular weight is 600 g/mol. The second-order valence-corrected chi connectivity index (χ2v) is 14.0. The van der Waals surface area contributed by atoms with E-state index in [2.05, 4.69) is 48.9 Å². The van der Waals surface area contributed by atoms with Crippen LogP contribution >= 0.6 is 11.6 Å². The lowest BCUT2D eigenvalue weighted by atomic mass is 9.76. The fourth-order valence-electron chi connectivity index (χ4n) is 7.82. The fourth-order valence-corrected chi connectivity index (χ4v) is 8.00. The lowest BCUT2D eigenvalue weighted by molar-refractivity contribution is -0.143. The molecule has 2 amide bonds. The van der Waals surface area contributed by atoms with E-state index >= 15 is 4.39 Å². The van der Waals surface area contributed by atoms with Crippen LogP contribution in [-0.2, 0) is 9.59 Å². The zero-order chi connectivity index (χ0) is 30.3. The van der Waals surface area contributed by atoms with Crippen molar-refractivity contribution in [2.24, 2.45) is 5.92 Å². The van der Waals surface area contributed by atoms with E-state index in [-0.39, 0.29) is 53.2 Å². The van der Waals surface area contributed by atoms with Crippen LogP contribution in [0.3, 0.4) is 0 Å². The van der Waals surface area contributed by atoms with E-state index < -0.39 is 11.6 Å². The first-order valence-electron chi connectivity index (χ1n) is 15.5. The Kier molecular flexibility index (Phi) is 9.01. The van der Waals surface area contributed by atoms with Gasteiger partial charge in [0.05, 0.1) is 6.04 Å². The summed E-state index contributed by atoms with van der Waals surface area (Å²) in [6.07, 6.45) is 5.01. The van der Waals surface area contributed by atoms with Gasteiger partial charge in [0.25, 0.3) is 0 Å². The Bertz CT molecular complexity index is 1310. The van der Waals surface area contributed by atoms with Gasteiger partial charge in [0, 0.05) is 54.0 Å². The number of fused-ring (bicyclic) bond motifs is 2. The molecule has 1 N–H and O–H groups in total. The molecular weight excluding hydrogens is 556 g/mol. The number of benzene rings is 2. The number of hydrogen-bond acceptors (Lipinski definition) is 3. The van der Waals surface area contributed by atoms with Crippen LogP contribution in [0.5, 0.6) is 0 Å². The molecular formula is C34H44ClF2N3O2. The van der Waals surface area contributed by atoms with E-state index in [9.17, 15) is 14.0 Å². The molecule has 5 atom stereocenters. The molecule has 2 bridgehead atoms. The molecule has 2 aromatic carbocycles. The van der Waals surface area contributed by atoms with E-state index in [0.717, 1.165) is 50.3 Å². The van der Waals surface area contributed by atoms with Crippen LogP contribution in [0.25, 0.3) is 0 Å². The van der Waals surface area contributed by atoms with Crippen LogP contribution in [-0.4, -0.2) is 52.3 Å². The van der Waals surface area contributed by atoms with Crippen molar-refractivity contribution in [2.45, 2.75) is 109 Å². The summed E-state index contributed by atoms with van der Waals surface area (Å²) in [6.45, 7) is 11.3. The lowest BCUT2D eigenvalue weighted by Gasteiger charge is -2.47. The van der Waals surface area contributed by atoms with Crippen molar-refractivity contribution in [2.75, 3.05) is 13.1 Å². The minimum absolute atomic E-state index is 0.0714. The minimum Gasteiger partial charge on any atom is -0.350 e. The van der Waals surface area contributed by atoms with Gasteiger partial charge in [-0.3, -0.25) is 14.5 Å². The third-order valence-corrected chi connectivity index (χ3v) is 10.1. The van der Waals surface area contributed by atoms with Gasteiger partial charge in [-0.15, -0.1) is 0 Å². The summed E-state index contributed by atoms with van der Waals surface area (Å²) in [7, 11) is 0. The van der Waals surface area contributed by atoms with Gasteiger partial charge in [-0.2, -0.15) is 0 Å². The maximum absolute atomic E-state index is 15.2. The van der Waals surface area contributed by atoms with Gasteiger partial charge >= 0.3 is 0 Å². The van der Waals surface area contributed by atoms with E-state index in [4.69, 9.17) is 11.6 Å². The summed E-state index contributed by atoms with van der Waals surface area (Å²) < 4.78 is 29.0. The van der Waals surface area contributed by atoms with Crippen molar-refractivity contribution in [3.8, 4) is 0 Å². The summed E-state index contributed by atoms with van der Waals surface area (Å²) in [4.78, 5) is 30.8. The second-order valence-electron chi connectivity index (χ2n) is 13.5. The van der Waals surface area contributed by atoms with E-state index in [0.29, 0.717) is 23.6 Å². The standard InChI is InChI=1S/C34H44ClF2N3O2/c1-6-32(38-20(2)41)29-17-22(35)7-11-26(29)21-15-24-9-10-25(16-21)40(24)33(42)28-13-14-39(34(3,4)5)19-30(28)27-12-8-23(36)18-31(27)37/h7-8,11-12,17-18,21,24-25,28,30,32H,6,9-10,13-16,19H2,1-5H3,(H,38,41). The van der Waals surface area contributed by atoms with Gasteiger partial charge in [-0.05, 0) is 107 Å². The Balaban J connectivity index is 1.41. The molecule has 5 rings (SSSR count). The lowest BCUT2D eigenvalue weighted by Crippen LogP contribution is -2.55. The summed E-state index contributed by atoms with van der Waals surface area (Å²) in [5.74, 6) is -1.56. The van der Waals surface area contributed by atoms with Crippen LogP contribution < -0.4 is 5.32 Å². The Labute approximate surface area is 254 Å². The zero-order valence-electron chi connectivity index (χ0n) is 25.4. The highest BCUT2D eigenvalue weighted by atomic mass is 35.5. The number of amides is 2. The molecule has 3 fully saturated rings. The highest BCUT2D eigenvalue weighted by Crippen LogP contribution is 2.47. The molecule has 3 saturated heterocycles. The molecule has 8 heteroatoms. The topological polar surface area (TPSA) is 52.7 Å². The SMILES string of the molecule is CCC(NC(C)=O)c1cc(Cl)ccc1C1CC2CCC(C1)N2C(=O)C1CCN(C(C)(C)C)CC1c1ccc(F)cc1F. The number of carbonyl (C=O) groups excluding carboxylic acids is 2. The zero-order valence-corrected chi connectivity index (χ0v) is 26.2. The van der Waals surface area contributed by atoms with Crippen LogP contribution in [0.4, 0.5) is 8.78 Å². The number of nitrogens with zero attached hydrogens (tertiary/aromatic N) is 2. The van der Waals surface area contributed by atoms with E-state index in [1.807, 2.05) is 12.1 Å². The average Bonchev–Trinajstić information content (AvgIpc) is 3.19. The Morgan fingerprint density at radius 1 is 1.02 bits per heavy atom. The van der Waals surface area contributed by atoms with Gasteiger partial charge in [0.2, 0.25) is 11.8 Å². The van der Waals surface area contributed by atoms with Gasteiger partial charge in [-0.1, -0.05) is 30.7 Å². The Morgan fingerprint density at radius 2 is 1.69 bits per heavy atom. The molecule has 0 spiro atoms. The number of nitrogens with one attached hydrogen (secondary N) is 1. The maximum atomic E-state index is 15.2. The van der Waals surface area contributed by atoms with Crippen molar-refractivity contribution < 1.29 is 18.4 Å². The highest BCUT2D eigenvalue weighted by Gasteiger charge is 2.48. The minimum atomic E-state index is -0.604. The predicted molar refractivity (Wildman–Crippen MR) is 162 cm³/mol. The number of hydrogen-bond donors (Lipinski definition) is 1. The summed E-state index contributed by atoms with van der Waals surface area (Å²) in [5, 5.41) is 3.73. The van der Waals surface area contributed by atoms with Gasteiger partial charge in [0.15, 0.2) is 0 Å². The number of piperidine rings is 2. The van der Waals surface area contributed by atoms with Crippen LogP contribution in [0.15, 0.2) is 36.4 Å². The number of likely N-dealkylation sites (tertiary alicyclic amines) is 1. The van der Waals surface area contributed by atoms with Crippen molar-refractivity contribution in [3.05, 3.63) is 69.7 Å². The smallest absolute Gasteiger partial charge is 0.226 e. The first kappa shape index (κ1) is 30.9. The van der Waals surface area contributed by atoms with E-state index in [1.54, 1.807) is 0 Å². The van der Waals surface area contributed by atoms with Crippen LogP contribution in [0.1, 0.15) is 108 Å². The fraction of sp³-hybridized carbons (Fsp3) is 0.588. The second kappa shape index (κ2) is 12.2. The quantitative estimate of drug-likeness (QED) is 0.378. The van der Waals surface area contributed by atoms with Crippen molar-refractivity contribution >= 4 is 23.4 Å². The third kappa shape index (κ3) is 6.23. The number of carbonyl (C=O) groups is 2. The van der Waals surface area contributed by atoms with Gasteiger partial charge in [0.1, 0.15) is 11.6 Å². The predicted octanol–water partition coefficient (Wildman–Crippen LogP) is 7.35. The number of halogens is 3. The summed E-state index contributed by atoms with van der Waals surface area (Å²) in [5.41, 5.74) is 2.57. The van der Waals surface area contributed by atoms with E-state index in [1.165, 1.54) is 24.6 Å². The molecule has 0 aliphatic carbocycles. The molecule has 228 valence electrons. The molecule has 42 heavy (non-hydrogen) atoms. The van der Waals surface area contributed by atoms with Crippen LogP contribution in [0, 0.1) is 17.6 Å². The maximum Gasteiger partial charge on any atom is 0.226 e. The van der Waals surface area contributed by atoms with Gasteiger partial charge in [-0.25, -0.2) is 8.78 Å². The molecule has 3 heterocycles. The first-order chi connectivity index (χ1) is 19.9. The van der Waals surface area contributed by atoms with Crippen LogP contribution in [0.2, 0.25) is 5.02 Å². The largest absolute Gasteiger partial charge is 0.350 e.